The second kappa shape index (κ2) is 8.41. The number of thioether (sulfide) groups is 1. The molecular weight excluding hydrogens is 432 g/mol. The predicted octanol–water partition coefficient (Wildman–Crippen LogP) is 5.50. The molecule has 0 atom stereocenters. The molecule has 0 bridgehead atoms. The van der Waals surface area contributed by atoms with E-state index in [1.165, 1.54) is 22.9 Å². The molecule has 6 nitrogen and oxygen atoms in total. The van der Waals surface area contributed by atoms with E-state index in [2.05, 4.69) is 35.5 Å². The van der Waals surface area contributed by atoms with E-state index in [0.717, 1.165) is 27.1 Å². The van der Waals surface area contributed by atoms with Gasteiger partial charge in [-0.15, -0.1) is 0 Å². The fourth-order valence-electron chi connectivity index (χ4n) is 4.21. The maximum atomic E-state index is 12.7. The molecule has 0 spiro atoms. The number of carbonyl (C=O) groups excluding carboxylic acids is 1. The van der Waals surface area contributed by atoms with Crippen LogP contribution in [0.25, 0.3) is 17.0 Å². The van der Waals surface area contributed by atoms with Crippen molar-refractivity contribution in [2.75, 3.05) is 6.61 Å². The minimum Gasteiger partial charge on any atom is -0.492 e. The number of amides is 1. The number of aryl methyl sites for hydroxylation is 2. The van der Waals surface area contributed by atoms with Gasteiger partial charge >= 0.3 is 0 Å². The number of fused-ring (bicyclic) bond motifs is 2. The number of nitrogens with one attached hydrogen (secondary N) is 1. The normalized spacial score (nSPS) is 16.9. The Balaban J connectivity index is 1.43. The molecule has 0 fully saturated rings. The molecule has 2 aromatic carbocycles. The monoisotopic (exact) mass is 456 g/mol. The number of ether oxygens (including phenoxy) is 1. The average Bonchev–Trinajstić information content (AvgIpc) is 3.31. The number of allylic oxidation sites excluding steroid dienone is 1. The Morgan fingerprint density at radius 2 is 1.88 bits per heavy atom. The van der Waals surface area contributed by atoms with Gasteiger partial charge in [0.05, 0.1) is 12.1 Å². The molecule has 0 radical (unpaired) electrons. The largest absolute Gasteiger partial charge is 0.492 e. The van der Waals surface area contributed by atoms with Crippen molar-refractivity contribution >= 4 is 45.7 Å². The number of aliphatic imine (C=N–C) groups is 1. The summed E-state index contributed by atoms with van der Waals surface area (Å²) in [6.07, 6.45) is 5.64. The zero-order valence-corrected chi connectivity index (χ0v) is 19.6. The fraction of sp³-hybridized carbons (Fsp3) is 0.192. The second-order valence-electron chi connectivity index (χ2n) is 8.28. The third-order valence-electron chi connectivity index (χ3n) is 5.61. The van der Waals surface area contributed by atoms with E-state index < -0.39 is 0 Å². The Bertz CT molecular complexity index is 1380. The Labute approximate surface area is 196 Å². The summed E-state index contributed by atoms with van der Waals surface area (Å²) in [6.45, 7) is 7.26. The molecule has 1 amide bonds. The number of aromatic nitrogens is 1. The molecule has 1 N–H and O–H groups in total. The second-order valence-corrected chi connectivity index (χ2v) is 9.50. The number of nitrogens with zero attached hydrogens (tertiary/aromatic N) is 3. The van der Waals surface area contributed by atoms with Crippen LogP contribution < -0.4 is 4.74 Å². The minimum atomic E-state index is -0.378. The Hall–Kier alpha value is -3.58. The molecule has 1 aromatic heterocycles. The number of para-hydroxylation sites is 1. The highest BCUT2D eigenvalue weighted by Gasteiger charge is 2.33. The van der Waals surface area contributed by atoms with Gasteiger partial charge < -0.3 is 9.30 Å². The first-order valence-electron chi connectivity index (χ1n) is 10.8. The van der Waals surface area contributed by atoms with Crippen molar-refractivity contribution in [3.05, 3.63) is 82.0 Å². The molecule has 3 aromatic rings. The first-order valence-corrected chi connectivity index (χ1v) is 11.6. The third-order valence-corrected chi connectivity index (χ3v) is 6.51. The molecule has 0 unspecified atom stereocenters. The van der Waals surface area contributed by atoms with E-state index in [-0.39, 0.29) is 11.7 Å². The predicted molar refractivity (Wildman–Crippen MR) is 135 cm³/mol. The van der Waals surface area contributed by atoms with Gasteiger partial charge in [-0.25, -0.2) is 0 Å². The smallest absolute Gasteiger partial charge is 0.283 e. The van der Waals surface area contributed by atoms with Gasteiger partial charge in [0, 0.05) is 33.8 Å². The van der Waals surface area contributed by atoms with Crippen LogP contribution in [-0.4, -0.2) is 33.0 Å². The average molecular weight is 457 g/mol. The minimum absolute atomic E-state index is 0.157. The van der Waals surface area contributed by atoms with Crippen LogP contribution >= 0.6 is 11.8 Å². The van der Waals surface area contributed by atoms with Gasteiger partial charge in [0.2, 0.25) is 0 Å². The molecule has 2 aliphatic heterocycles. The summed E-state index contributed by atoms with van der Waals surface area (Å²) >= 11 is 1.41. The van der Waals surface area contributed by atoms with Crippen molar-refractivity contribution in [2.24, 2.45) is 4.99 Å². The SMILES string of the molecule is CC1=CN2C(=N)C(=Cc3cn(CCOc4cc(C)cc(C)c4)c4ccccc34)C(=O)N=C2S1. The first kappa shape index (κ1) is 21.3. The van der Waals surface area contributed by atoms with Crippen molar-refractivity contribution in [2.45, 2.75) is 27.3 Å². The standard InChI is InChI=1S/C26H24N4O2S/c1-16-10-17(2)12-20(11-16)32-9-8-29-15-19(21-6-4-5-7-23(21)29)13-22-24(27)30-14-18(3)33-26(30)28-25(22)31/h4-7,10-15,27H,8-9H2,1-3H3. The van der Waals surface area contributed by atoms with Gasteiger partial charge in [0.25, 0.3) is 5.91 Å². The molecule has 166 valence electrons. The number of rotatable bonds is 5. The maximum Gasteiger partial charge on any atom is 0.283 e. The van der Waals surface area contributed by atoms with Crippen LogP contribution in [0, 0.1) is 19.3 Å². The molecular formula is C26H24N4O2S. The van der Waals surface area contributed by atoms with E-state index in [4.69, 9.17) is 10.1 Å². The van der Waals surface area contributed by atoms with Gasteiger partial charge in [-0.2, -0.15) is 4.99 Å². The van der Waals surface area contributed by atoms with E-state index in [1.807, 2.05) is 49.7 Å². The van der Waals surface area contributed by atoms with Crippen molar-refractivity contribution < 1.29 is 9.53 Å². The van der Waals surface area contributed by atoms with Gasteiger partial charge in [-0.1, -0.05) is 36.0 Å². The molecule has 7 heteroatoms. The zero-order valence-electron chi connectivity index (χ0n) is 18.8. The maximum absolute atomic E-state index is 12.7. The number of carbonyl (C=O) groups is 1. The highest BCUT2D eigenvalue weighted by atomic mass is 32.2. The summed E-state index contributed by atoms with van der Waals surface area (Å²) in [5, 5.41) is 10.1. The van der Waals surface area contributed by atoms with Gasteiger partial charge in [0.15, 0.2) is 5.17 Å². The molecule has 2 aliphatic rings. The van der Waals surface area contributed by atoms with Crippen molar-refractivity contribution in [3.63, 3.8) is 0 Å². The molecule has 0 saturated carbocycles. The van der Waals surface area contributed by atoms with Crippen molar-refractivity contribution in [1.29, 1.82) is 5.41 Å². The lowest BCUT2D eigenvalue weighted by Gasteiger charge is -2.22. The summed E-state index contributed by atoms with van der Waals surface area (Å²) in [4.78, 5) is 19.6. The van der Waals surface area contributed by atoms with Crippen molar-refractivity contribution in [1.82, 2.24) is 9.47 Å². The summed E-state index contributed by atoms with van der Waals surface area (Å²) < 4.78 is 8.14. The summed E-state index contributed by atoms with van der Waals surface area (Å²) in [7, 11) is 0. The number of hydrogen-bond acceptors (Lipinski definition) is 4. The number of benzene rings is 2. The third kappa shape index (κ3) is 4.12. The molecule has 33 heavy (non-hydrogen) atoms. The zero-order chi connectivity index (χ0) is 23.1. The van der Waals surface area contributed by atoms with Gasteiger partial charge in [-0.05, 0) is 56.2 Å². The highest BCUT2D eigenvalue weighted by molar-refractivity contribution is 8.17. The van der Waals surface area contributed by atoms with Crippen LogP contribution in [0.4, 0.5) is 0 Å². The number of amidine groups is 2. The Morgan fingerprint density at radius 3 is 2.67 bits per heavy atom. The van der Waals surface area contributed by atoms with E-state index in [9.17, 15) is 4.79 Å². The molecule has 0 aliphatic carbocycles. The summed E-state index contributed by atoms with van der Waals surface area (Å²) in [6, 6.07) is 14.3. The van der Waals surface area contributed by atoms with Gasteiger partial charge in [0.1, 0.15) is 18.2 Å². The Kier molecular flexibility index (Phi) is 5.42. The lowest BCUT2D eigenvalue weighted by atomic mass is 10.1. The van der Waals surface area contributed by atoms with Crippen LogP contribution in [-0.2, 0) is 11.3 Å². The Morgan fingerprint density at radius 1 is 1.12 bits per heavy atom. The molecule has 3 heterocycles. The van der Waals surface area contributed by atoms with E-state index >= 15 is 0 Å². The molecule has 0 saturated heterocycles. The van der Waals surface area contributed by atoms with E-state index in [0.29, 0.717) is 23.9 Å². The van der Waals surface area contributed by atoms with Crippen LogP contribution in [0.2, 0.25) is 0 Å². The fourth-order valence-corrected chi connectivity index (χ4v) is 5.03. The highest BCUT2D eigenvalue weighted by Crippen LogP contribution is 2.33. The first-order chi connectivity index (χ1) is 15.9. The van der Waals surface area contributed by atoms with E-state index in [1.54, 1.807) is 11.0 Å². The van der Waals surface area contributed by atoms with Crippen molar-refractivity contribution in [3.8, 4) is 5.75 Å². The summed E-state index contributed by atoms with van der Waals surface area (Å²) in [5.41, 5.74) is 4.59. The topological polar surface area (TPSA) is 70.7 Å². The van der Waals surface area contributed by atoms with Gasteiger partial charge in [-0.3, -0.25) is 15.1 Å². The lowest BCUT2D eigenvalue weighted by Crippen LogP contribution is -2.35. The van der Waals surface area contributed by atoms with Crippen LogP contribution in [0.3, 0.4) is 0 Å². The van der Waals surface area contributed by atoms with Crippen LogP contribution in [0.15, 0.2) is 70.3 Å². The lowest BCUT2D eigenvalue weighted by molar-refractivity contribution is -0.114. The quantitative estimate of drug-likeness (QED) is 0.515. The van der Waals surface area contributed by atoms with Crippen LogP contribution in [0.5, 0.6) is 5.75 Å². The van der Waals surface area contributed by atoms with Crippen LogP contribution in [0.1, 0.15) is 23.6 Å². The summed E-state index contributed by atoms with van der Waals surface area (Å²) in [5.74, 6) is 0.647. The molecule has 5 rings (SSSR count). The number of hydrogen-bond donors (Lipinski definition) is 1.